The molecule has 0 fully saturated rings. The van der Waals surface area contributed by atoms with Gasteiger partial charge in [-0.3, -0.25) is 9.20 Å². The van der Waals surface area contributed by atoms with E-state index in [1.807, 2.05) is 12.3 Å². The van der Waals surface area contributed by atoms with Crippen molar-refractivity contribution in [3.63, 3.8) is 0 Å². The van der Waals surface area contributed by atoms with Gasteiger partial charge < -0.3 is 4.98 Å². The Hall–Kier alpha value is -1.51. The highest BCUT2D eigenvalue weighted by atomic mass is 16.1. The van der Waals surface area contributed by atoms with Crippen LogP contribution in [0.2, 0.25) is 0 Å². The zero-order chi connectivity index (χ0) is 10.1. The average molecular weight is 190 g/mol. The lowest BCUT2D eigenvalue weighted by Crippen LogP contribution is -2.08. The minimum Gasteiger partial charge on any atom is -0.343 e. The molecular formula is C11H14N2O. The highest BCUT2D eigenvalue weighted by Gasteiger charge is 2.03. The molecule has 2 heterocycles. The number of aromatic amines is 1. The van der Waals surface area contributed by atoms with Gasteiger partial charge >= 0.3 is 0 Å². The summed E-state index contributed by atoms with van der Waals surface area (Å²) in [6.45, 7) is 4.32. The van der Waals surface area contributed by atoms with Crippen LogP contribution in [0.1, 0.15) is 19.5 Å². The molecule has 3 heteroatoms. The molecule has 0 bridgehead atoms. The van der Waals surface area contributed by atoms with Crippen molar-refractivity contribution in [1.82, 2.24) is 9.38 Å². The number of H-pyrrole nitrogens is 1. The number of aromatic nitrogens is 2. The maximum Gasteiger partial charge on any atom is 0.256 e. The molecule has 2 rings (SSSR count). The average Bonchev–Trinajstić information content (AvgIpc) is 2.47. The first-order valence-corrected chi connectivity index (χ1v) is 4.86. The smallest absolute Gasteiger partial charge is 0.256 e. The van der Waals surface area contributed by atoms with Gasteiger partial charge in [0.2, 0.25) is 0 Å². The van der Waals surface area contributed by atoms with Crippen LogP contribution < -0.4 is 5.56 Å². The molecule has 0 aliphatic carbocycles. The Bertz CT molecular complexity index is 493. The topological polar surface area (TPSA) is 37.3 Å². The normalized spacial score (nSPS) is 11.4. The molecule has 14 heavy (non-hydrogen) atoms. The van der Waals surface area contributed by atoms with Gasteiger partial charge in [-0.2, -0.15) is 0 Å². The predicted octanol–water partition coefficient (Wildman–Crippen LogP) is 1.83. The van der Waals surface area contributed by atoms with Gasteiger partial charge in [0.25, 0.3) is 5.56 Å². The highest BCUT2D eigenvalue weighted by molar-refractivity contribution is 5.39. The van der Waals surface area contributed by atoms with Crippen LogP contribution >= 0.6 is 0 Å². The summed E-state index contributed by atoms with van der Waals surface area (Å²) in [7, 11) is 0. The lowest BCUT2D eigenvalue weighted by atomic mass is 10.1. The zero-order valence-electron chi connectivity index (χ0n) is 8.45. The van der Waals surface area contributed by atoms with E-state index in [1.54, 1.807) is 16.5 Å². The van der Waals surface area contributed by atoms with Crippen LogP contribution in [-0.4, -0.2) is 9.38 Å². The summed E-state index contributed by atoms with van der Waals surface area (Å²) >= 11 is 0. The van der Waals surface area contributed by atoms with Crippen LogP contribution in [0.15, 0.2) is 29.2 Å². The third-order valence-corrected chi connectivity index (χ3v) is 2.19. The van der Waals surface area contributed by atoms with E-state index in [0.29, 0.717) is 5.92 Å². The van der Waals surface area contributed by atoms with Crippen molar-refractivity contribution in [2.24, 2.45) is 5.92 Å². The van der Waals surface area contributed by atoms with Crippen LogP contribution in [-0.2, 0) is 6.42 Å². The molecule has 0 radical (unpaired) electrons. The molecular weight excluding hydrogens is 176 g/mol. The van der Waals surface area contributed by atoms with Crippen LogP contribution in [0, 0.1) is 5.92 Å². The first-order chi connectivity index (χ1) is 6.66. The van der Waals surface area contributed by atoms with E-state index in [9.17, 15) is 4.79 Å². The second-order valence-corrected chi connectivity index (χ2v) is 4.00. The molecule has 3 nitrogen and oxygen atoms in total. The number of hydrogen-bond acceptors (Lipinski definition) is 1. The zero-order valence-corrected chi connectivity index (χ0v) is 8.45. The van der Waals surface area contributed by atoms with Crippen molar-refractivity contribution in [2.75, 3.05) is 0 Å². The summed E-state index contributed by atoms with van der Waals surface area (Å²) < 4.78 is 1.65. The van der Waals surface area contributed by atoms with Crippen molar-refractivity contribution in [1.29, 1.82) is 0 Å². The van der Waals surface area contributed by atoms with E-state index in [-0.39, 0.29) is 5.56 Å². The molecule has 0 saturated heterocycles. The Balaban J connectivity index is 2.52. The summed E-state index contributed by atoms with van der Waals surface area (Å²) in [5.74, 6) is 0.596. The quantitative estimate of drug-likeness (QED) is 0.770. The van der Waals surface area contributed by atoms with Gasteiger partial charge in [-0.25, -0.2) is 0 Å². The Labute approximate surface area is 82.4 Å². The van der Waals surface area contributed by atoms with Crippen LogP contribution in [0.3, 0.4) is 0 Å². The van der Waals surface area contributed by atoms with Crippen LogP contribution in [0.25, 0.3) is 5.65 Å². The second kappa shape index (κ2) is 3.33. The molecule has 0 atom stereocenters. The predicted molar refractivity (Wildman–Crippen MR) is 56.6 cm³/mol. The second-order valence-electron chi connectivity index (χ2n) is 4.00. The molecule has 2 aromatic heterocycles. The summed E-state index contributed by atoms with van der Waals surface area (Å²) in [6, 6.07) is 5.25. The van der Waals surface area contributed by atoms with Gasteiger partial charge in [-0.15, -0.1) is 0 Å². The fourth-order valence-corrected chi connectivity index (χ4v) is 1.63. The molecule has 0 unspecified atom stereocenters. The number of pyridine rings is 1. The minimum atomic E-state index is 0.0220. The van der Waals surface area contributed by atoms with Gasteiger partial charge in [0, 0.05) is 18.0 Å². The lowest BCUT2D eigenvalue weighted by Gasteiger charge is -1.99. The van der Waals surface area contributed by atoms with Crippen LogP contribution in [0.5, 0.6) is 0 Å². The summed E-state index contributed by atoms with van der Waals surface area (Å²) in [5.41, 5.74) is 2.00. The van der Waals surface area contributed by atoms with E-state index in [4.69, 9.17) is 0 Å². The SMILES string of the molecule is CC(C)Cc1cn2c(=O)cccc2[nH]1. The maximum atomic E-state index is 11.4. The first kappa shape index (κ1) is 9.06. The number of imidazole rings is 1. The third-order valence-electron chi connectivity index (χ3n) is 2.19. The maximum absolute atomic E-state index is 11.4. The number of nitrogens with one attached hydrogen (secondary N) is 1. The Morgan fingerprint density at radius 1 is 1.43 bits per heavy atom. The molecule has 1 N–H and O–H groups in total. The Morgan fingerprint density at radius 3 is 2.86 bits per heavy atom. The van der Waals surface area contributed by atoms with Crippen molar-refractivity contribution in [3.05, 3.63) is 40.4 Å². The Morgan fingerprint density at radius 2 is 2.21 bits per heavy atom. The van der Waals surface area contributed by atoms with E-state index in [1.165, 1.54) is 0 Å². The fourth-order valence-electron chi connectivity index (χ4n) is 1.63. The molecule has 0 spiro atoms. The third kappa shape index (κ3) is 1.58. The summed E-state index contributed by atoms with van der Waals surface area (Å²) in [5, 5.41) is 0. The number of rotatable bonds is 2. The van der Waals surface area contributed by atoms with Gasteiger partial charge in [-0.1, -0.05) is 19.9 Å². The lowest BCUT2D eigenvalue weighted by molar-refractivity contribution is 0.638. The molecule has 0 amide bonds. The van der Waals surface area contributed by atoms with E-state index in [0.717, 1.165) is 17.8 Å². The standard InChI is InChI=1S/C11H14N2O/c1-8(2)6-9-7-13-10(12-9)4-3-5-11(13)14/h3-5,7-8,12H,6H2,1-2H3. The molecule has 0 aliphatic rings. The van der Waals surface area contributed by atoms with Crippen molar-refractivity contribution in [2.45, 2.75) is 20.3 Å². The van der Waals surface area contributed by atoms with E-state index in [2.05, 4.69) is 18.8 Å². The molecule has 2 aromatic rings. The molecule has 74 valence electrons. The number of hydrogen-bond donors (Lipinski definition) is 1. The highest BCUT2D eigenvalue weighted by Crippen LogP contribution is 2.07. The molecule has 0 aromatic carbocycles. The van der Waals surface area contributed by atoms with Gasteiger partial charge in [0.15, 0.2) is 0 Å². The fraction of sp³-hybridized carbons (Fsp3) is 0.364. The van der Waals surface area contributed by atoms with E-state index < -0.39 is 0 Å². The van der Waals surface area contributed by atoms with Gasteiger partial charge in [0.1, 0.15) is 5.65 Å². The van der Waals surface area contributed by atoms with Gasteiger partial charge in [-0.05, 0) is 18.4 Å². The molecule has 0 saturated carbocycles. The van der Waals surface area contributed by atoms with Crippen molar-refractivity contribution >= 4 is 5.65 Å². The van der Waals surface area contributed by atoms with E-state index >= 15 is 0 Å². The first-order valence-electron chi connectivity index (χ1n) is 4.86. The number of nitrogens with zero attached hydrogens (tertiary/aromatic N) is 1. The largest absolute Gasteiger partial charge is 0.343 e. The van der Waals surface area contributed by atoms with Crippen molar-refractivity contribution in [3.8, 4) is 0 Å². The van der Waals surface area contributed by atoms with Gasteiger partial charge in [0.05, 0.1) is 0 Å². The van der Waals surface area contributed by atoms with Crippen molar-refractivity contribution < 1.29 is 0 Å². The minimum absolute atomic E-state index is 0.0220. The Kier molecular flexibility index (Phi) is 2.15. The summed E-state index contributed by atoms with van der Waals surface area (Å²) in [4.78, 5) is 14.7. The molecule has 0 aliphatic heterocycles. The summed E-state index contributed by atoms with van der Waals surface area (Å²) in [6.07, 6.45) is 2.86. The monoisotopic (exact) mass is 190 g/mol. The van der Waals surface area contributed by atoms with Crippen LogP contribution in [0.4, 0.5) is 0 Å². The number of fused-ring (bicyclic) bond motifs is 1.